The van der Waals surface area contributed by atoms with Crippen LogP contribution in [0.5, 0.6) is 0 Å². The summed E-state index contributed by atoms with van der Waals surface area (Å²) >= 11 is 5.90. The third-order valence-electron chi connectivity index (χ3n) is 2.70. The Kier molecular flexibility index (Phi) is 3.92. The van der Waals surface area contributed by atoms with Crippen LogP contribution in [0.15, 0.2) is 30.9 Å². The molecule has 82 valence electrons. The monoisotopic (exact) mass is 226 g/mol. The Balaban J connectivity index is 2.94. The number of hydrogen-bond acceptors (Lipinski definition) is 0. The Labute approximate surface area is 95.8 Å². The summed E-state index contributed by atoms with van der Waals surface area (Å²) in [5, 5.41) is 0. The molecule has 0 saturated heterocycles. The average Bonchev–Trinajstić information content (AvgIpc) is 2.22. The predicted octanol–water partition coefficient (Wildman–Crippen LogP) is 4.11. The maximum atomic E-state index is 12.9. The van der Waals surface area contributed by atoms with Gasteiger partial charge in [-0.2, -0.15) is 0 Å². The fraction of sp³-hybridized carbons (Fsp3) is 0.385. The van der Waals surface area contributed by atoms with E-state index < -0.39 is 0 Å². The summed E-state index contributed by atoms with van der Waals surface area (Å²) in [6.07, 6.45) is 2.66. The Hall–Kier alpha value is -0.820. The number of aryl methyl sites for hydroxylation is 1. The van der Waals surface area contributed by atoms with Crippen LogP contribution in [-0.4, -0.2) is 5.88 Å². The lowest BCUT2D eigenvalue weighted by Gasteiger charge is -2.23. The molecule has 1 atom stereocenters. The molecule has 1 unspecified atom stereocenters. The molecule has 1 aromatic carbocycles. The van der Waals surface area contributed by atoms with Crippen molar-refractivity contribution in [2.24, 2.45) is 5.41 Å². The van der Waals surface area contributed by atoms with E-state index >= 15 is 0 Å². The van der Waals surface area contributed by atoms with Gasteiger partial charge >= 0.3 is 0 Å². The maximum Gasteiger partial charge on any atom is 0.123 e. The molecule has 0 bridgehead atoms. The second-order valence-corrected chi connectivity index (χ2v) is 4.51. The van der Waals surface area contributed by atoms with Crippen molar-refractivity contribution in [2.75, 3.05) is 5.88 Å². The first kappa shape index (κ1) is 12.3. The van der Waals surface area contributed by atoms with Gasteiger partial charge in [0.25, 0.3) is 0 Å². The van der Waals surface area contributed by atoms with Gasteiger partial charge in [-0.3, -0.25) is 0 Å². The molecule has 0 aliphatic carbocycles. The third kappa shape index (κ3) is 3.07. The number of allylic oxidation sites excluding steroid dienone is 1. The molecular formula is C13H16ClF. The third-order valence-corrected chi connectivity index (χ3v) is 3.31. The molecule has 2 heteroatoms. The van der Waals surface area contributed by atoms with Gasteiger partial charge in [0.1, 0.15) is 5.82 Å². The minimum Gasteiger partial charge on any atom is -0.207 e. The number of rotatable bonds is 4. The van der Waals surface area contributed by atoms with Gasteiger partial charge in [0.2, 0.25) is 0 Å². The smallest absolute Gasteiger partial charge is 0.123 e. The largest absolute Gasteiger partial charge is 0.207 e. The molecule has 0 nitrogen and oxygen atoms in total. The lowest BCUT2D eigenvalue weighted by molar-refractivity contribution is 0.484. The molecule has 15 heavy (non-hydrogen) atoms. The molecule has 0 amide bonds. The molecule has 0 heterocycles. The van der Waals surface area contributed by atoms with Crippen LogP contribution in [0.1, 0.15) is 18.1 Å². The van der Waals surface area contributed by atoms with Crippen molar-refractivity contribution in [2.45, 2.75) is 20.3 Å². The molecule has 0 fully saturated rings. The van der Waals surface area contributed by atoms with Crippen molar-refractivity contribution < 1.29 is 4.39 Å². The molecular weight excluding hydrogens is 211 g/mol. The molecule has 0 saturated carbocycles. The zero-order valence-corrected chi connectivity index (χ0v) is 9.94. The van der Waals surface area contributed by atoms with E-state index in [1.54, 1.807) is 6.07 Å². The van der Waals surface area contributed by atoms with Crippen LogP contribution >= 0.6 is 11.6 Å². The predicted molar refractivity (Wildman–Crippen MR) is 63.9 cm³/mol. The van der Waals surface area contributed by atoms with E-state index in [2.05, 4.69) is 13.5 Å². The van der Waals surface area contributed by atoms with E-state index in [0.717, 1.165) is 17.5 Å². The Bertz CT molecular complexity index is 360. The van der Waals surface area contributed by atoms with Gasteiger partial charge in [-0.1, -0.05) is 19.1 Å². The number of halogens is 2. The molecule has 0 aliphatic rings. The summed E-state index contributed by atoms with van der Waals surface area (Å²) in [5.74, 6) is 0.329. The minimum absolute atomic E-state index is 0.121. The van der Waals surface area contributed by atoms with E-state index in [-0.39, 0.29) is 11.2 Å². The van der Waals surface area contributed by atoms with Gasteiger partial charge in [0, 0.05) is 11.3 Å². The summed E-state index contributed by atoms with van der Waals surface area (Å²) in [5.41, 5.74) is 1.97. The number of benzene rings is 1. The fourth-order valence-electron chi connectivity index (χ4n) is 1.47. The summed E-state index contributed by atoms with van der Waals surface area (Å²) in [6, 6.07) is 4.85. The summed E-state index contributed by atoms with van der Waals surface area (Å²) in [7, 11) is 0. The van der Waals surface area contributed by atoms with Crippen LogP contribution in [0.4, 0.5) is 4.39 Å². The first-order valence-electron chi connectivity index (χ1n) is 4.95. The lowest BCUT2D eigenvalue weighted by Crippen LogP contribution is -2.19. The van der Waals surface area contributed by atoms with Crippen molar-refractivity contribution in [3.63, 3.8) is 0 Å². The lowest BCUT2D eigenvalue weighted by atomic mass is 9.84. The van der Waals surface area contributed by atoms with Crippen LogP contribution < -0.4 is 0 Å². The van der Waals surface area contributed by atoms with Gasteiger partial charge in [0.15, 0.2) is 0 Å². The standard InChI is InChI=1S/C13H16ClF/c1-4-13(3,9-14)8-11-5-6-12(15)7-10(11)2/h4-7H,1,8-9H2,2-3H3. The van der Waals surface area contributed by atoms with Crippen molar-refractivity contribution >= 4 is 11.6 Å². The highest BCUT2D eigenvalue weighted by molar-refractivity contribution is 6.18. The van der Waals surface area contributed by atoms with E-state index in [9.17, 15) is 4.39 Å². The second kappa shape index (κ2) is 4.80. The summed E-state index contributed by atoms with van der Waals surface area (Å²) < 4.78 is 12.9. The van der Waals surface area contributed by atoms with Gasteiger partial charge in [-0.15, -0.1) is 18.2 Å². The van der Waals surface area contributed by atoms with Gasteiger partial charge in [0.05, 0.1) is 0 Å². The van der Waals surface area contributed by atoms with E-state index in [0.29, 0.717) is 5.88 Å². The number of alkyl halides is 1. The van der Waals surface area contributed by atoms with Crippen LogP contribution in [0.3, 0.4) is 0 Å². The van der Waals surface area contributed by atoms with Crippen LogP contribution in [0.25, 0.3) is 0 Å². The zero-order chi connectivity index (χ0) is 11.5. The molecule has 1 aromatic rings. The quantitative estimate of drug-likeness (QED) is 0.536. The van der Waals surface area contributed by atoms with Gasteiger partial charge in [-0.25, -0.2) is 4.39 Å². The van der Waals surface area contributed by atoms with Gasteiger partial charge < -0.3 is 0 Å². The molecule has 0 N–H and O–H groups in total. The van der Waals surface area contributed by atoms with Crippen molar-refractivity contribution in [3.05, 3.63) is 47.8 Å². The van der Waals surface area contributed by atoms with E-state index in [1.807, 2.05) is 19.1 Å². The first-order valence-corrected chi connectivity index (χ1v) is 5.49. The molecule has 0 radical (unpaired) electrons. The highest BCUT2D eigenvalue weighted by Crippen LogP contribution is 2.27. The fourth-order valence-corrected chi connectivity index (χ4v) is 1.67. The average molecular weight is 227 g/mol. The van der Waals surface area contributed by atoms with Gasteiger partial charge in [-0.05, 0) is 36.6 Å². The molecule has 1 rings (SSSR count). The highest BCUT2D eigenvalue weighted by atomic mass is 35.5. The SMILES string of the molecule is C=CC(C)(CCl)Cc1ccc(F)cc1C. The number of hydrogen-bond donors (Lipinski definition) is 0. The van der Waals surface area contributed by atoms with E-state index in [1.165, 1.54) is 6.07 Å². The summed E-state index contributed by atoms with van der Waals surface area (Å²) in [6.45, 7) is 7.75. The van der Waals surface area contributed by atoms with E-state index in [4.69, 9.17) is 11.6 Å². The Morgan fingerprint density at radius 3 is 2.67 bits per heavy atom. The summed E-state index contributed by atoms with van der Waals surface area (Å²) in [4.78, 5) is 0. The van der Waals surface area contributed by atoms with Crippen molar-refractivity contribution in [3.8, 4) is 0 Å². The van der Waals surface area contributed by atoms with Crippen LogP contribution in [0.2, 0.25) is 0 Å². The highest BCUT2D eigenvalue weighted by Gasteiger charge is 2.20. The normalized spacial score (nSPS) is 14.7. The maximum absolute atomic E-state index is 12.9. The molecule has 0 spiro atoms. The Morgan fingerprint density at radius 2 is 2.20 bits per heavy atom. The Morgan fingerprint density at radius 1 is 1.53 bits per heavy atom. The topological polar surface area (TPSA) is 0 Å². The zero-order valence-electron chi connectivity index (χ0n) is 9.19. The molecule has 0 aliphatic heterocycles. The molecule has 0 aromatic heterocycles. The van der Waals surface area contributed by atoms with Crippen LogP contribution in [-0.2, 0) is 6.42 Å². The van der Waals surface area contributed by atoms with Crippen molar-refractivity contribution in [1.29, 1.82) is 0 Å². The first-order chi connectivity index (χ1) is 7.00. The minimum atomic E-state index is -0.192. The second-order valence-electron chi connectivity index (χ2n) is 4.24. The van der Waals surface area contributed by atoms with Crippen molar-refractivity contribution in [1.82, 2.24) is 0 Å². The van der Waals surface area contributed by atoms with Crippen LogP contribution in [0, 0.1) is 18.2 Å².